The Hall–Kier alpha value is -9.26. The molecule has 0 saturated carbocycles. The number of halogens is 13. The fraction of sp³-hybridized carbons (Fsp3) is 0.288. The molecule has 9 rings (SSSR count). The zero-order chi connectivity index (χ0) is 69.7. The van der Waals surface area contributed by atoms with E-state index < -0.39 is 47.5 Å². The molecule has 0 aromatic carbocycles. The van der Waals surface area contributed by atoms with Gasteiger partial charge in [-0.05, 0) is 213 Å². The Kier molecular flexibility index (Phi) is 28.7. The van der Waals surface area contributed by atoms with Crippen LogP contribution in [0.2, 0.25) is 10.3 Å². The first-order valence-corrected chi connectivity index (χ1v) is 27.9. The number of nitrogens with zero attached hydrogens (tertiary/aromatic N) is 11. The second-order valence-corrected chi connectivity index (χ2v) is 20.9. The molecule has 13 nitrogen and oxygen atoms in total. The van der Waals surface area contributed by atoms with Gasteiger partial charge in [-0.25, -0.2) is 15.0 Å². The van der Waals surface area contributed by atoms with Gasteiger partial charge >= 0.3 is 18.5 Å². The van der Waals surface area contributed by atoms with Crippen LogP contribution in [-0.4, -0.2) is 59.1 Å². The number of ether oxygens (including phenoxy) is 2. The van der Waals surface area contributed by atoms with Crippen molar-refractivity contribution in [1.82, 2.24) is 44.9 Å². The average Bonchev–Trinajstić information content (AvgIpc) is 0.978. The third-order valence-corrected chi connectivity index (χ3v) is 14.3. The third-order valence-electron chi connectivity index (χ3n) is 13.7. The summed E-state index contributed by atoms with van der Waals surface area (Å²) in [4.78, 5) is 36.9. The molecule has 0 radical (unpaired) electrons. The Labute approximate surface area is 536 Å². The van der Waals surface area contributed by atoms with E-state index in [0.29, 0.717) is 56.3 Å². The minimum Gasteiger partial charge on any atom is -0.481 e. The fourth-order valence-electron chi connectivity index (χ4n) is 7.32. The number of aromatic nitrogens is 9. The molecule has 0 fully saturated rings. The lowest BCUT2D eigenvalue weighted by atomic mass is 10.0. The fourth-order valence-corrected chi connectivity index (χ4v) is 7.85. The molecular weight excluding hydrogens is 1260 g/mol. The molecule has 486 valence electrons. The van der Waals surface area contributed by atoms with E-state index in [0.717, 1.165) is 74.4 Å². The summed E-state index contributed by atoms with van der Waals surface area (Å²) in [5.41, 5.74) is 11.1. The summed E-state index contributed by atoms with van der Waals surface area (Å²) < 4.78 is 145. The van der Waals surface area contributed by atoms with Crippen molar-refractivity contribution < 1.29 is 57.8 Å². The quantitative estimate of drug-likeness (QED) is 0.0932. The van der Waals surface area contributed by atoms with E-state index in [1.54, 1.807) is 78.8 Å². The van der Waals surface area contributed by atoms with E-state index in [4.69, 9.17) is 49.5 Å². The topological polar surface area (TPSA) is 163 Å². The SMILES string of the molecule is COc1cc(C)c(C)c(OC)n1.Cc1cc(-c2ccncc2)nc(-c2ccncc2)c1C.Cc1cc(C(F)(F)F)nc(C(F)(F)F)c1C.Cc1cc(Cl)nc(Cl)c1C.Cc1cc(F)nc(F)c1C.Cc1cnc(C(F)(F)F)cc1C.[C-]#[N+]c1nc(C#N)cc(C)c1C. The van der Waals surface area contributed by atoms with Crippen molar-refractivity contribution in [2.45, 2.75) is 115 Å². The van der Waals surface area contributed by atoms with Gasteiger partial charge in [0, 0.05) is 65.4 Å². The highest BCUT2D eigenvalue weighted by Gasteiger charge is 2.40. The van der Waals surface area contributed by atoms with Crippen molar-refractivity contribution in [3.05, 3.63) is 232 Å². The number of hydrogen-bond donors (Lipinski definition) is 0. The molecule has 9 aromatic heterocycles. The zero-order valence-electron chi connectivity index (χ0n) is 52.9. The Balaban J connectivity index is 0.000000284. The monoisotopic (exact) mass is 1320 g/mol. The highest BCUT2D eigenvalue weighted by Crippen LogP contribution is 2.36. The minimum absolute atomic E-state index is 0.0883. The first kappa shape index (κ1) is 77.0. The highest BCUT2D eigenvalue weighted by atomic mass is 35.5. The van der Waals surface area contributed by atoms with Crippen LogP contribution in [0.5, 0.6) is 11.8 Å². The molecule has 0 aliphatic carbocycles. The second-order valence-electron chi connectivity index (χ2n) is 20.2. The molecule has 0 atom stereocenters. The number of hydrogen-bond acceptors (Lipinski definition) is 12. The lowest BCUT2D eigenvalue weighted by Crippen LogP contribution is -2.17. The van der Waals surface area contributed by atoms with Gasteiger partial charge in [0.25, 0.3) is 5.82 Å². The number of methoxy groups -OCH3 is 2. The normalized spacial score (nSPS) is 10.6. The smallest absolute Gasteiger partial charge is 0.433 e. The molecule has 0 aliphatic heterocycles. The van der Waals surface area contributed by atoms with E-state index in [-0.39, 0.29) is 11.1 Å². The summed E-state index contributed by atoms with van der Waals surface area (Å²) in [6.45, 7) is 31.4. The molecule has 0 unspecified atom stereocenters. The molecule has 9 heterocycles. The maximum absolute atomic E-state index is 12.5. The highest BCUT2D eigenvalue weighted by molar-refractivity contribution is 6.33. The first-order chi connectivity index (χ1) is 42.8. The Morgan fingerprint density at radius 3 is 1.49 bits per heavy atom. The molecule has 0 saturated heterocycles. The molecule has 0 aliphatic rings. The van der Waals surface area contributed by atoms with Crippen LogP contribution >= 0.6 is 23.2 Å². The van der Waals surface area contributed by atoms with E-state index in [9.17, 15) is 48.3 Å². The summed E-state index contributed by atoms with van der Waals surface area (Å²) in [5, 5.41) is 9.50. The van der Waals surface area contributed by atoms with E-state index in [2.05, 4.69) is 64.6 Å². The summed E-state index contributed by atoms with van der Waals surface area (Å²) in [7, 11) is 3.20. The molecular formula is C66H64Cl2F11N11O2. The van der Waals surface area contributed by atoms with Gasteiger partial charge in [-0.1, -0.05) is 35.3 Å². The molecule has 0 amide bonds. The summed E-state index contributed by atoms with van der Waals surface area (Å²) in [5.74, 6) is 0.0615. The minimum atomic E-state index is -4.88. The molecule has 0 bridgehead atoms. The van der Waals surface area contributed by atoms with Crippen molar-refractivity contribution in [3.8, 4) is 40.3 Å². The van der Waals surface area contributed by atoms with Gasteiger partial charge in [0.15, 0.2) is 0 Å². The van der Waals surface area contributed by atoms with Gasteiger partial charge < -0.3 is 14.3 Å². The van der Waals surface area contributed by atoms with Crippen LogP contribution in [0, 0.1) is 127 Å². The van der Waals surface area contributed by atoms with E-state index >= 15 is 0 Å². The molecule has 92 heavy (non-hydrogen) atoms. The molecule has 0 spiro atoms. The van der Waals surface area contributed by atoms with Crippen LogP contribution in [-0.2, 0) is 18.5 Å². The molecule has 0 N–H and O–H groups in total. The number of alkyl halides is 9. The van der Waals surface area contributed by atoms with Gasteiger partial charge in [-0.2, -0.15) is 63.5 Å². The van der Waals surface area contributed by atoms with Crippen LogP contribution in [0.3, 0.4) is 0 Å². The van der Waals surface area contributed by atoms with Gasteiger partial charge in [0.1, 0.15) is 33.5 Å². The predicted molar refractivity (Wildman–Crippen MR) is 331 cm³/mol. The van der Waals surface area contributed by atoms with Crippen molar-refractivity contribution in [2.24, 2.45) is 0 Å². The molecule has 26 heteroatoms. The first-order valence-electron chi connectivity index (χ1n) is 27.1. The lowest BCUT2D eigenvalue weighted by Gasteiger charge is -2.14. The number of nitriles is 1. The van der Waals surface area contributed by atoms with Crippen LogP contribution in [0.1, 0.15) is 101 Å². The predicted octanol–water partition coefficient (Wildman–Crippen LogP) is 19.1. The number of rotatable bonds is 4. The van der Waals surface area contributed by atoms with Crippen molar-refractivity contribution in [1.29, 1.82) is 5.26 Å². The maximum atomic E-state index is 12.5. The van der Waals surface area contributed by atoms with Gasteiger partial charge in [0.2, 0.25) is 29.3 Å². The van der Waals surface area contributed by atoms with E-state index in [1.165, 1.54) is 30.3 Å². The lowest BCUT2D eigenvalue weighted by molar-refractivity contribution is -0.150. The Morgan fingerprint density at radius 1 is 0.489 bits per heavy atom. The molecule has 9 aromatic rings. The largest absolute Gasteiger partial charge is 0.481 e. The number of aryl methyl sites for hydroxylation is 8. The van der Waals surface area contributed by atoms with Crippen molar-refractivity contribution in [2.75, 3.05) is 14.2 Å². The van der Waals surface area contributed by atoms with Crippen LogP contribution in [0.25, 0.3) is 27.4 Å². The Bertz CT molecular complexity index is 3960. The van der Waals surface area contributed by atoms with Crippen molar-refractivity contribution in [3.63, 3.8) is 0 Å². The van der Waals surface area contributed by atoms with Crippen LogP contribution < -0.4 is 9.47 Å². The van der Waals surface area contributed by atoms with Gasteiger partial charge in [-0.3, -0.25) is 15.0 Å². The summed E-state index contributed by atoms with van der Waals surface area (Å²) in [6.07, 6.45) is -5.68. The third kappa shape index (κ3) is 22.9. The second kappa shape index (κ2) is 34.2. The van der Waals surface area contributed by atoms with Crippen LogP contribution in [0.15, 0.2) is 97.7 Å². The number of pyridine rings is 9. The standard InChI is InChI=1S/C17H15N3.C9H7F6N.C9H7N3.C9H13NO2.C8H8F3N.C7H7Cl2N.C7H7F2N/c1-12-11-16(14-3-7-18-8-4-14)20-17(13(12)2)15-5-9-19-10-6-15;1-4-3-6(8(10,11)12)16-7(5(4)2)9(13,14)15;1-6-4-8(5-10)12-9(11-3)7(6)2;1-6-5-8(11-3)10-9(12-4)7(6)2;1-5-3-7(8(9,10)11)12-4-6(5)2;2*1-4-3-6(8)10-7(9)5(4)2/h3-11H,1-2H3;3H,1-2H3;4H,1-2H3;5H,1-4H3;3-4H,1-2H3;2*3H,1-2H3. The Morgan fingerprint density at radius 2 is 1.00 bits per heavy atom. The summed E-state index contributed by atoms with van der Waals surface area (Å²) >= 11 is 11.4. The van der Waals surface area contributed by atoms with Crippen molar-refractivity contribution >= 4 is 29.0 Å². The average molecular weight is 1320 g/mol. The maximum Gasteiger partial charge on any atom is 0.433 e. The summed E-state index contributed by atoms with van der Waals surface area (Å²) in [6, 6.07) is 20.2. The zero-order valence-corrected chi connectivity index (χ0v) is 54.4. The van der Waals surface area contributed by atoms with Gasteiger partial charge in [-0.15, -0.1) is 4.98 Å². The van der Waals surface area contributed by atoms with Gasteiger partial charge in [0.05, 0.1) is 25.6 Å². The van der Waals surface area contributed by atoms with Crippen LogP contribution in [0.4, 0.5) is 54.1 Å². The van der Waals surface area contributed by atoms with E-state index in [1.807, 2.05) is 77.9 Å².